The molecule has 1 unspecified atom stereocenters. The van der Waals surface area contributed by atoms with Gasteiger partial charge < -0.3 is 19.7 Å². The summed E-state index contributed by atoms with van der Waals surface area (Å²) in [6.07, 6.45) is 0.928. The molecule has 0 saturated carbocycles. The van der Waals surface area contributed by atoms with Crippen molar-refractivity contribution in [2.24, 2.45) is 0 Å². The largest absolute Gasteiger partial charge is 0.493 e. The van der Waals surface area contributed by atoms with E-state index < -0.39 is 0 Å². The molecule has 0 spiro atoms. The molecule has 0 amide bonds. The Morgan fingerprint density at radius 1 is 1.36 bits per heavy atom. The SMILES string of the molecule is CCCN1C(=S)NC(c2cc(Cl)c(OC)c(OC)c2)C(C(C)=O)=C1C. The first-order chi connectivity index (χ1) is 11.8. The van der Waals surface area contributed by atoms with Gasteiger partial charge in [0.25, 0.3) is 0 Å². The fraction of sp³-hybridized carbons (Fsp3) is 0.444. The van der Waals surface area contributed by atoms with Crippen LogP contribution >= 0.6 is 23.8 Å². The minimum Gasteiger partial charge on any atom is -0.493 e. The van der Waals surface area contributed by atoms with E-state index in [0.717, 1.165) is 24.2 Å². The predicted molar refractivity (Wildman–Crippen MR) is 103 cm³/mol. The summed E-state index contributed by atoms with van der Waals surface area (Å²) in [5.41, 5.74) is 2.34. The Labute approximate surface area is 158 Å². The number of hydrogen-bond acceptors (Lipinski definition) is 4. The average Bonchev–Trinajstić information content (AvgIpc) is 2.56. The average molecular weight is 383 g/mol. The second-order valence-corrected chi connectivity index (χ2v) is 6.62. The maximum absolute atomic E-state index is 12.4. The van der Waals surface area contributed by atoms with Crippen LogP contribution in [0, 0.1) is 0 Å². The van der Waals surface area contributed by atoms with Crippen molar-refractivity contribution in [1.82, 2.24) is 10.2 Å². The molecule has 2 rings (SSSR count). The lowest BCUT2D eigenvalue weighted by molar-refractivity contribution is -0.114. The summed E-state index contributed by atoms with van der Waals surface area (Å²) in [5, 5.41) is 4.28. The Morgan fingerprint density at radius 3 is 2.56 bits per heavy atom. The van der Waals surface area contributed by atoms with Crippen LogP contribution in [0.5, 0.6) is 11.5 Å². The first kappa shape index (κ1) is 19.5. The summed E-state index contributed by atoms with van der Waals surface area (Å²) in [4.78, 5) is 14.3. The van der Waals surface area contributed by atoms with E-state index in [-0.39, 0.29) is 11.8 Å². The molecule has 7 heteroatoms. The van der Waals surface area contributed by atoms with E-state index >= 15 is 0 Å². The van der Waals surface area contributed by atoms with E-state index in [2.05, 4.69) is 12.2 Å². The summed E-state index contributed by atoms with van der Waals surface area (Å²) < 4.78 is 10.7. The Kier molecular flexibility index (Phi) is 6.30. The van der Waals surface area contributed by atoms with Gasteiger partial charge in [-0.25, -0.2) is 0 Å². The minimum absolute atomic E-state index is 0.00971. The van der Waals surface area contributed by atoms with Crippen LogP contribution in [0.2, 0.25) is 5.02 Å². The molecule has 0 aromatic heterocycles. The molecule has 1 atom stereocenters. The second-order valence-electron chi connectivity index (χ2n) is 5.83. The minimum atomic E-state index is -0.379. The molecular formula is C18H23ClN2O3S. The third kappa shape index (κ3) is 3.75. The number of benzene rings is 1. The maximum Gasteiger partial charge on any atom is 0.179 e. The van der Waals surface area contributed by atoms with Gasteiger partial charge in [0.15, 0.2) is 22.4 Å². The van der Waals surface area contributed by atoms with Crippen LogP contribution in [0.1, 0.15) is 38.8 Å². The van der Waals surface area contributed by atoms with E-state index in [0.29, 0.717) is 27.2 Å². The quantitative estimate of drug-likeness (QED) is 0.754. The summed E-state index contributed by atoms with van der Waals surface area (Å²) in [6, 6.07) is 3.21. The van der Waals surface area contributed by atoms with E-state index in [9.17, 15) is 4.79 Å². The Bertz CT molecular complexity index is 733. The number of hydrogen-bond donors (Lipinski definition) is 1. The zero-order chi connectivity index (χ0) is 18.7. The van der Waals surface area contributed by atoms with Crippen LogP contribution in [-0.4, -0.2) is 36.6 Å². The Balaban J connectivity index is 2.59. The van der Waals surface area contributed by atoms with Gasteiger partial charge in [0, 0.05) is 17.8 Å². The first-order valence-electron chi connectivity index (χ1n) is 8.06. The summed E-state index contributed by atoms with van der Waals surface area (Å²) >= 11 is 11.8. The molecule has 5 nitrogen and oxygen atoms in total. The molecule has 1 N–H and O–H groups in total. The van der Waals surface area contributed by atoms with Crippen molar-refractivity contribution in [2.45, 2.75) is 33.2 Å². The molecule has 25 heavy (non-hydrogen) atoms. The zero-order valence-corrected chi connectivity index (χ0v) is 16.7. The molecule has 136 valence electrons. The predicted octanol–water partition coefficient (Wildman–Crippen LogP) is 3.86. The van der Waals surface area contributed by atoms with Gasteiger partial charge in [0.2, 0.25) is 0 Å². The van der Waals surface area contributed by atoms with Gasteiger partial charge in [-0.15, -0.1) is 0 Å². The van der Waals surface area contributed by atoms with Crippen molar-refractivity contribution in [3.8, 4) is 11.5 Å². The fourth-order valence-electron chi connectivity index (χ4n) is 3.09. The normalized spacial score (nSPS) is 17.4. The van der Waals surface area contributed by atoms with Crippen molar-refractivity contribution in [2.75, 3.05) is 20.8 Å². The zero-order valence-electron chi connectivity index (χ0n) is 15.1. The standard InChI is InChI=1S/C18H23ClN2O3S/c1-6-7-21-10(2)15(11(3)22)16(20-18(21)25)12-8-13(19)17(24-5)14(9-12)23-4/h8-9,16H,6-7H2,1-5H3,(H,20,25). The number of carbonyl (C=O) groups is 1. The monoisotopic (exact) mass is 382 g/mol. The molecule has 0 saturated heterocycles. The first-order valence-corrected chi connectivity index (χ1v) is 8.85. The lowest BCUT2D eigenvalue weighted by Crippen LogP contribution is -2.47. The highest BCUT2D eigenvalue weighted by molar-refractivity contribution is 7.80. The molecule has 0 radical (unpaired) electrons. The topological polar surface area (TPSA) is 50.8 Å². The summed E-state index contributed by atoms with van der Waals surface area (Å²) in [7, 11) is 3.08. The highest BCUT2D eigenvalue weighted by Crippen LogP contribution is 2.40. The lowest BCUT2D eigenvalue weighted by atomic mass is 9.92. The fourth-order valence-corrected chi connectivity index (χ4v) is 3.73. The number of thiocarbonyl (C=S) groups is 1. The molecule has 0 bridgehead atoms. The molecule has 1 aromatic rings. The van der Waals surface area contributed by atoms with E-state index in [4.69, 9.17) is 33.3 Å². The van der Waals surface area contributed by atoms with Crippen molar-refractivity contribution < 1.29 is 14.3 Å². The van der Waals surface area contributed by atoms with Gasteiger partial charge in [0.1, 0.15) is 0 Å². The Hall–Kier alpha value is -1.79. The number of methoxy groups -OCH3 is 2. The molecule has 1 aliphatic heterocycles. The van der Waals surface area contributed by atoms with Crippen molar-refractivity contribution in [1.29, 1.82) is 0 Å². The van der Waals surface area contributed by atoms with Crippen LogP contribution in [-0.2, 0) is 4.79 Å². The third-order valence-electron chi connectivity index (χ3n) is 4.21. The molecule has 1 aliphatic rings. The molecular weight excluding hydrogens is 360 g/mol. The number of ketones is 1. The maximum atomic E-state index is 12.4. The molecule has 0 aliphatic carbocycles. The van der Waals surface area contributed by atoms with E-state index in [1.807, 2.05) is 17.9 Å². The van der Waals surface area contributed by atoms with Crippen LogP contribution < -0.4 is 14.8 Å². The summed E-state index contributed by atoms with van der Waals surface area (Å²) in [5.74, 6) is 0.961. The van der Waals surface area contributed by atoms with Crippen LogP contribution in [0.25, 0.3) is 0 Å². The van der Waals surface area contributed by atoms with Crippen molar-refractivity contribution in [3.63, 3.8) is 0 Å². The van der Waals surface area contributed by atoms with Gasteiger partial charge in [-0.2, -0.15) is 0 Å². The Morgan fingerprint density at radius 2 is 2.04 bits per heavy atom. The number of ether oxygens (including phenoxy) is 2. The van der Waals surface area contributed by atoms with Gasteiger partial charge in [0.05, 0.1) is 25.3 Å². The number of halogens is 1. The van der Waals surface area contributed by atoms with Crippen LogP contribution in [0.3, 0.4) is 0 Å². The van der Waals surface area contributed by atoms with E-state index in [1.165, 1.54) is 7.11 Å². The number of allylic oxidation sites excluding steroid dienone is 1. The van der Waals surface area contributed by atoms with Gasteiger partial charge >= 0.3 is 0 Å². The highest BCUT2D eigenvalue weighted by Gasteiger charge is 2.32. The molecule has 0 fully saturated rings. The van der Waals surface area contributed by atoms with Crippen molar-refractivity contribution in [3.05, 3.63) is 34.0 Å². The number of nitrogens with zero attached hydrogens (tertiary/aromatic N) is 1. The molecule has 1 aromatic carbocycles. The lowest BCUT2D eigenvalue weighted by Gasteiger charge is -2.37. The number of nitrogens with one attached hydrogen (secondary N) is 1. The van der Waals surface area contributed by atoms with E-state index in [1.54, 1.807) is 20.1 Å². The van der Waals surface area contributed by atoms with Crippen molar-refractivity contribution >= 4 is 34.7 Å². The van der Waals surface area contributed by atoms with Gasteiger partial charge in [-0.1, -0.05) is 18.5 Å². The van der Waals surface area contributed by atoms with Crippen LogP contribution in [0.15, 0.2) is 23.4 Å². The smallest absolute Gasteiger partial charge is 0.179 e. The number of carbonyl (C=O) groups excluding carboxylic acids is 1. The van der Waals surface area contributed by atoms with Gasteiger partial charge in [-0.05, 0) is 50.2 Å². The third-order valence-corrected chi connectivity index (χ3v) is 4.83. The van der Waals surface area contributed by atoms with Crippen LogP contribution in [0.4, 0.5) is 0 Å². The summed E-state index contributed by atoms with van der Waals surface area (Å²) in [6.45, 7) is 6.32. The number of Topliss-reactive ketones (excluding diaryl/α,β-unsaturated/α-hetero) is 1. The second kappa shape index (κ2) is 8.06. The molecule has 1 heterocycles. The number of rotatable bonds is 6. The van der Waals surface area contributed by atoms with Gasteiger partial charge in [-0.3, -0.25) is 4.79 Å². The highest BCUT2D eigenvalue weighted by atomic mass is 35.5.